The number of nitrogens with two attached hydrogens (primary N) is 1. The first-order valence-corrected chi connectivity index (χ1v) is 7.44. The number of carbonyl (C=O) groups is 1. The number of nitrogen functional groups attached to an aromatic ring is 1. The van der Waals surface area contributed by atoms with E-state index in [-0.39, 0.29) is 5.91 Å². The van der Waals surface area contributed by atoms with Crippen molar-refractivity contribution in [3.05, 3.63) is 41.3 Å². The number of furan rings is 1. The first-order chi connectivity index (χ1) is 9.56. The maximum atomic E-state index is 11.8. The highest BCUT2D eigenvalue weighted by atomic mass is 35.5. The minimum atomic E-state index is -0.0762. The lowest BCUT2D eigenvalue weighted by molar-refractivity contribution is -0.115. The van der Waals surface area contributed by atoms with E-state index in [0.717, 1.165) is 10.7 Å². The molecule has 0 bridgehead atoms. The van der Waals surface area contributed by atoms with Crippen molar-refractivity contribution in [2.24, 2.45) is 0 Å². The lowest BCUT2D eigenvalue weighted by atomic mass is 10.2. The number of hydrogen-bond acceptors (Lipinski definition) is 4. The normalized spacial score (nSPS) is 10.5. The highest BCUT2D eigenvalue weighted by Gasteiger charge is 2.07. The van der Waals surface area contributed by atoms with Crippen LogP contribution in [0.1, 0.15) is 12.2 Å². The molecule has 2 rings (SSSR count). The topological polar surface area (TPSA) is 68.3 Å². The van der Waals surface area contributed by atoms with Gasteiger partial charge in [-0.2, -0.15) is 0 Å². The van der Waals surface area contributed by atoms with Gasteiger partial charge in [0.15, 0.2) is 0 Å². The summed E-state index contributed by atoms with van der Waals surface area (Å²) in [5, 5.41) is 3.32. The first kappa shape index (κ1) is 14.8. The van der Waals surface area contributed by atoms with Crippen LogP contribution < -0.4 is 11.1 Å². The zero-order valence-corrected chi connectivity index (χ0v) is 12.6. The van der Waals surface area contributed by atoms with E-state index in [1.807, 2.05) is 13.0 Å². The molecular weight excluding hydrogens is 296 g/mol. The molecule has 0 fully saturated rings. The lowest BCUT2D eigenvalue weighted by Crippen LogP contribution is -2.13. The van der Waals surface area contributed by atoms with Crippen LogP contribution in [0.2, 0.25) is 5.02 Å². The Labute approximate surface area is 126 Å². The molecule has 0 atom stereocenters. The molecule has 0 unspecified atom stereocenters. The number of amides is 1. The quantitative estimate of drug-likeness (QED) is 0.648. The van der Waals surface area contributed by atoms with Crippen molar-refractivity contribution >= 4 is 40.6 Å². The second-order valence-electron chi connectivity index (χ2n) is 4.22. The molecule has 0 aliphatic rings. The van der Waals surface area contributed by atoms with Gasteiger partial charge in [-0.25, -0.2) is 0 Å². The molecule has 3 N–H and O–H groups in total. The molecule has 1 heterocycles. The minimum absolute atomic E-state index is 0.0762. The van der Waals surface area contributed by atoms with Gasteiger partial charge in [-0.05, 0) is 31.2 Å². The summed E-state index contributed by atoms with van der Waals surface area (Å²) in [6.07, 6.45) is 2.05. The van der Waals surface area contributed by atoms with Crippen LogP contribution in [0.3, 0.4) is 0 Å². The summed E-state index contributed by atoms with van der Waals surface area (Å²) in [4.78, 5) is 12.9. The van der Waals surface area contributed by atoms with Gasteiger partial charge in [0.05, 0.1) is 17.6 Å². The Bertz CT molecular complexity index is 613. The average molecular weight is 311 g/mol. The van der Waals surface area contributed by atoms with Crippen molar-refractivity contribution < 1.29 is 9.21 Å². The Hall–Kier alpha value is -1.59. The molecule has 0 spiro atoms. The molecular formula is C14H15ClN2O2S. The summed E-state index contributed by atoms with van der Waals surface area (Å²) in [6.45, 7) is 1.90. The van der Waals surface area contributed by atoms with Crippen LogP contribution in [-0.4, -0.2) is 11.7 Å². The number of anilines is 2. The van der Waals surface area contributed by atoms with Crippen LogP contribution in [0.25, 0.3) is 0 Å². The molecule has 6 heteroatoms. The zero-order valence-electron chi connectivity index (χ0n) is 11.0. The molecule has 106 valence electrons. The molecule has 1 amide bonds. The minimum Gasteiger partial charge on any atom is -0.468 e. The van der Waals surface area contributed by atoms with Gasteiger partial charge in [-0.15, -0.1) is 11.8 Å². The summed E-state index contributed by atoms with van der Waals surface area (Å²) in [6, 6.07) is 6.90. The predicted molar refractivity (Wildman–Crippen MR) is 83.3 cm³/mol. The fourth-order valence-electron chi connectivity index (χ4n) is 1.64. The summed E-state index contributed by atoms with van der Waals surface area (Å²) in [5.74, 6) is 1.48. The molecule has 2 aromatic rings. The number of benzene rings is 1. The number of halogens is 1. The summed E-state index contributed by atoms with van der Waals surface area (Å²) in [7, 11) is 0. The monoisotopic (exact) mass is 310 g/mol. The fourth-order valence-corrected chi connectivity index (χ4v) is 2.73. The number of carbonyl (C=O) groups excluding carboxylic acids is 1. The van der Waals surface area contributed by atoms with E-state index in [1.54, 1.807) is 36.2 Å². The molecule has 1 aromatic heterocycles. The van der Waals surface area contributed by atoms with Crippen molar-refractivity contribution in [3.8, 4) is 0 Å². The molecule has 0 saturated carbocycles. The third-order valence-electron chi connectivity index (χ3n) is 2.69. The zero-order chi connectivity index (χ0) is 14.5. The Morgan fingerprint density at radius 3 is 2.90 bits per heavy atom. The van der Waals surface area contributed by atoms with Gasteiger partial charge in [0, 0.05) is 22.1 Å². The second kappa shape index (κ2) is 6.72. The summed E-state index contributed by atoms with van der Waals surface area (Å²) >= 11 is 7.40. The van der Waals surface area contributed by atoms with Crippen LogP contribution in [0, 0.1) is 6.92 Å². The fraction of sp³-hybridized carbons (Fsp3) is 0.214. The van der Waals surface area contributed by atoms with Crippen molar-refractivity contribution in [3.63, 3.8) is 0 Å². The van der Waals surface area contributed by atoms with E-state index in [0.29, 0.717) is 28.6 Å². The Morgan fingerprint density at radius 1 is 1.45 bits per heavy atom. The van der Waals surface area contributed by atoms with Crippen molar-refractivity contribution in [2.45, 2.75) is 18.2 Å². The molecule has 1 aromatic carbocycles. The third-order valence-corrected chi connectivity index (χ3v) is 4.06. The molecule has 0 radical (unpaired) electrons. The predicted octanol–water partition coefficient (Wildman–Crippen LogP) is 3.94. The lowest BCUT2D eigenvalue weighted by Gasteiger charge is -2.08. The second-order valence-corrected chi connectivity index (χ2v) is 5.79. The summed E-state index contributed by atoms with van der Waals surface area (Å²) < 4.78 is 5.19. The molecule has 0 saturated heterocycles. The highest BCUT2D eigenvalue weighted by Crippen LogP contribution is 2.25. The smallest absolute Gasteiger partial charge is 0.225 e. The van der Waals surface area contributed by atoms with Gasteiger partial charge in [0.2, 0.25) is 5.91 Å². The molecule has 0 aliphatic carbocycles. The van der Waals surface area contributed by atoms with E-state index >= 15 is 0 Å². The maximum Gasteiger partial charge on any atom is 0.225 e. The van der Waals surface area contributed by atoms with E-state index in [2.05, 4.69) is 5.32 Å². The number of hydrogen-bond donors (Lipinski definition) is 2. The van der Waals surface area contributed by atoms with Crippen molar-refractivity contribution in [2.75, 3.05) is 16.8 Å². The van der Waals surface area contributed by atoms with Crippen LogP contribution in [0.15, 0.2) is 39.8 Å². The third kappa shape index (κ3) is 3.95. The largest absolute Gasteiger partial charge is 0.468 e. The Morgan fingerprint density at radius 2 is 2.25 bits per heavy atom. The van der Waals surface area contributed by atoms with Gasteiger partial charge in [0.1, 0.15) is 5.76 Å². The SMILES string of the molecule is Cc1occc1SCCC(=O)Nc1ccc(Cl)cc1N. The van der Waals surface area contributed by atoms with Gasteiger partial charge in [0.25, 0.3) is 0 Å². The molecule has 20 heavy (non-hydrogen) atoms. The number of nitrogens with one attached hydrogen (secondary N) is 1. The van der Waals surface area contributed by atoms with Crippen LogP contribution >= 0.6 is 23.4 Å². The van der Waals surface area contributed by atoms with Crippen LogP contribution in [0.4, 0.5) is 11.4 Å². The van der Waals surface area contributed by atoms with Crippen molar-refractivity contribution in [1.82, 2.24) is 0 Å². The Kier molecular flexibility index (Phi) is 4.98. The maximum absolute atomic E-state index is 11.8. The van der Waals surface area contributed by atoms with Crippen molar-refractivity contribution in [1.29, 1.82) is 0 Å². The number of thioether (sulfide) groups is 1. The molecule has 0 aliphatic heterocycles. The van der Waals surface area contributed by atoms with E-state index < -0.39 is 0 Å². The van der Waals surface area contributed by atoms with Gasteiger partial charge in [-0.1, -0.05) is 11.6 Å². The van der Waals surface area contributed by atoms with Crippen LogP contribution in [-0.2, 0) is 4.79 Å². The summed E-state index contributed by atoms with van der Waals surface area (Å²) in [5.41, 5.74) is 6.83. The van der Waals surface area contributed by atoms with Gasteiger partial charge in [-0.3, -0.25) is 4.79 Å². The van der Waals surface area contributed by atoms with Gasteiger partial charge >= 0.3 is 0 Å². The van der Waals surface area contributed by atoms with Gasteiger partial charge < -0.3 is 15.5 Å². The van der Waals surface area contributed by atoms with E-state index in [4.69, 9.17) is 21.8 Å². The highest BCUT2D eigenvalue weighted by molar-refractivity contribution is 7.99. The number of aryl methyl sites for hydroxylation is 1. The average Bonchev–Trinajstić information content (AvgIpc) is 2.79. The van der Waals surface area contributed by atoms with Crippen LogP contribution in [0.5, 0.6) is 0 Å². The molecule has 4 nitrogen and oxygen atoms in total. The number of rotatable bonds is 5. The van der Waals surface area contributed by atoms with E-state index in [1.165, 1.54) is 0 Å². The Balaban J connectivity index is 1.82. The first-order valence-electron chi connectivity index (χ1n) is 6.08. The van der Waals surface area contributed by atoms with E-state index in [9.17, 15) is 4.79 Å². The standard InChI is InChI=1S/C14H15ClN2O2S/c1-9-13(4-6-19-9)20-7-5-14(18)17-12-3-2-10(15)8-11(12)16/h2-4,6,8H,5,7,16H2,1H3,(H,17,18).